The molecule has 5 heteroatoms. The lowest BCUT2D eigenvalue weighted by molar-refractivity contribution is 0.198. The van der Waals surface area contributed by atoms with Crippen LogP contribution >= 0.6 is 11.3 Å². The molecule has 0 bridgehead atoms. The van der Waals surface area contributed by atoms with Crippen LogP contribution in [0, 0.1) is 0 Å². The topological polar surface area (TPSA) is 51.0 Å². The summed E-state index contributed by atoms with van der Waals surface area (Å²) < 4.78 is 5.48. The third-order valence-electron chi connectivity index (χ3n) is 3.86. The van der Waals surface area contributed by atoms with E-state index in [-0.39, 0.29) is 5.54 Å². The first-order valence-electron chi connectivity index (χ1n) is 7.35. The summed E-state index contributed by atoms with van der Waals surface area (Å²) in [6.07, 6.45) is 5.94. The SMILES string of the molecule is CC(C)NC1(c2noc(-c3cccs3)n2)CCCCC1. The highest BCUT2D eigenvalue weighted by molar-refractivity contribution is 7.13. The summed E-state index contributed by atoms with van der Waals surface area (Å²) in [5.41, 5.74) is -0.106. The van der Waals surface area contributed by atoms with Crippen LogP contribution in [0.25, 0.3) is 10.8 Å². The van der Waals surface area contributed by atoms with Crippen molar-refractivity contribution in [3.63, 3.8) is 0 Å². The predicted molar refractivity (Wildman–Crippen MR) is 80.6 cm³/mol. The largest absolute Gasteiger partial charge is 0.333 e. The quantitative estimate of drug-likeness (QED) is 0.926. The molecule has 108 valence electrons. The second kappa shape index (κ2) is 5.66. The molecule has 1 aliphatic carbocycles. The monoisotopic (exact) mass is 291 g/mol. The first-order chi connectivity index (χ1) is 9.70. The summed E-state index contributed by atoms with van der Waals surface area (Å²) >= 11 is 1.63. The van der Waals surface area contributed by atoms with Crippen molar-refractivity contribution >= 4 is 11.3 Å². The molecule has 0 amide bonds. The van der Waals surface area contributed by atoms with E-state index < -0.39 is 0 Å². The Morgan fingerprint density at radius 2 is 2.10 bits per heavy atom. The van der Waals surface area contributed by atoms with Crippen molar-refractivity contribution in [2.45, 2.75) is 57.5 Å². The van der Waals surface area contributed by atoms with E-state index in [1.54, 1.807) is 11.3 Å². The molecule has 0 aromatic carbocycles. The van der Waals surface area contributed by atoms with E-state index in [9.17, 15) is 0 Å². The van der Waals surface area contributed by atoms with E-state index in [1.807, 2.05) is 17.5 Å². The van der Waals surface area contributed by atoms with Crippen molar-refractivity contribution in [1.29, 1.82) is 0 Å². The average molecular weight is 291 g/mol. The zero-order valence-corrected chi connectivity index (χ0v) is 12.9. The number of hydrogen-bond acceptors (Lipinski definition) is 5. The third-order valence-corrected chi connectivity index (χ3v) is 4.72. The van der Waals surface area contributed by atoms with Gasteiger partial charge in [-0.1, -0.05) is 30.5 Å². The second-order valence-corrected chi connectivity index (χ2v) is 6.79. The minimum atomic E-state index is -0.106. The molecule has 20 heavy (non-hydrogen) atoms. The van der Waals surface area contributed by atoms with Crippen LogP contribution in [0.3, 0.4) is 0 Å². The molecular formula is C15H21N3OS. The van der Waals surface area contributed by atoms with Gasteiger partial charge in [0.25, 0.3) is 5.89 Å². The number of rotatable bonds is 4. The van der Waals surface area contributed by atoms with Gasteiger partial charge in [-0.3, -0.25) is 0 Å². The Morgan fingerprint density at radius 1 is 1.30 bits per heavy atom. The highest BCUT2D eigenvalue weighted by atomic mass is 32.1. The Bertz CT molecular complexity index is 541. The lowest BCUT2D eigenvalue weighted by atomic mass is 9.80. The zero-order chi connectivity index (χ0) is 14.0. The van der Waals surface area contributed by atoms with Gasteiger partial charge in [0.15, 0.2) is 5.82 Å². The highest BCUT2D eigenvalue weighted by Crippen LogP contribution is 2.37. The maximum atomic E-state index is 5.48. The maximum Gasteiger partial charge on any atom is 0.268 e. The molecule has 0 saturated heterocycles. The van der Waals surface area contributed by atoms with Gasteiger partial charge in [-0.15, -0.1) is 11.3 Å². The van der Waals surface area contributed by atoms with Gasteiger partial charge < -0.3 is 9.84 Å². The van der Waals surface area contributed by atoms with Crippen LogP contribution in [-0.2, 0) is 5.54 Å². The van der Waals surface area contributed by atoms with E-state index in [4.69, 9.17) is 4.52 Å². The van der Waals surface area contributed by atoms with Crippen LogP contribution in [0.4, 0.5) is 0 Å². The molecule has 1 aliphatic rings. The van der Waals surface area contributed by atoms with Gasteiger partial charge in [0.05, 0.1) is 10.4 Å². The molecule has 0 aliphatic heterocycles. The van der Waals surface area contributed by atoms with Gasteiger partial charge in [0.1, 0.15) is 0 Å². The Labute approximate surface area is 123 Å². The van der Waals surface area contributed by atoms with Gasteiger partial charge in [-0.25, -0.2) is 0 Å². The number of aromatic nitrogens is 2. The minimum Gasteiger partial charge on any atom is -0.333 e. The average Bonchev–Trinajstić information content (AvgIpc) is 3.10. The molecule has 2 aromatic rings. The molecule has 0 unspecified atom stereocenters. The lowest BCUT2D eigenvalue weighted by Crippen LogP contribution is -2.48. The summed E-state index contributed by atoms with van der Waals surface area (Å²) in [5, 5.41) is 10.00. The first-order valence-corrected chi connectivity index (χ1v) is 8.23. The standard InChI is InChI=1S/C15H21N3OS/c1-11(2)17-15(8-4-3-5-9-15)14-16-13(19-18-14)12-7-6-10-20-12/h6-7,10-11,17H,3-5,8-9H2,1-2H3. The van der Waals surface area contributed by atoms with Crippen LogP contribution in [0.2, 0.25) is 0 Å². The van der Waals surface area contributed by atoms with Crippen LogP contribution in [0.5, 0.6) is 0 Å². The van der Waals surface area contributed by atoms with Crippen molar-refractivity contribution in [3.05, 3.63) is 23.3 Å². The number of thiophene rings is 1. The van der Waals surface area contributed by atoms with E-state index in [1.165, 1.54) is 19.3 Å². The number of nitrogens with zero attached hydrogens (tertiary/aromatic N) is 2. The van der Waals surface area contributed by atoms with Gasteiger partial charge in [-0.05, 0) is 38.1 Å². The molecule has 0 spiro atoms. The summed E-state index contributed by atoms with van der Waals surface area (Å²) in [6, 6.07) is 4.44. The lowest BCUT2D eigenvalue weighted by Gasteiger charge is -2.37. The fourth-order valence-electron chi connectivity index (χ4n) is 3.06. The molecule has 4 nitrogen and oxygen atoms in total. The fourth-order valence-corrected chi connectivity index (χ4v) is 3.70. The summed E-state index contributed by atoms with van der Waals surface area (Å²) in [7, 11) is 0. The normalized spacial score (nSPS) is 18.6. The van der Waals surface area contributed by atoms with Gasteiger partial charge in [0.2, 0.25) is 0 Å². The van der Waals surface area contributed by atoms with E-state index in [0.717, 1.165) is 23.5 Å². The van der Waals surface area contributed by atoms with Crippen molar-refractivity contribution < 1.29 is 4.52 Å². The highest BCUT2D eigenvalue weighted by Gasteiger charge is 2.38. The summed E-state index contributed by atoms with van der Waals surface area (Å²) in [6.45, 7) is 4.35. The number of nitrogens with one attached hydrogen (secondary N) is 1. The Kier molecular flexibility index (Phi) is 3.89. The van der Waals surface area contributed by atoms with Crippen molar-refractivity contribution in [1.82, 2.24) is 15.5 Å². The van der Waals surface area contributed by atoms with Crippen LogP contribution in [-0.4, -0.2) is 16.2 Å². The molecular weight excluding hydrogens is 270 g/mol. The second-order valence-electron chi connectivity index (χ2n) is 5.84. The van der Waals surface area contributed by atoms with Crippen LogP contribution in [0.15, 0.2) is 22.0 Å². The summed E-state index contributed by atoms with van der Waals surface area (Å²) in [4.78, 5) is 5.71. The molecule has 1 N–H and O–H groups in total. The molecule has 2 heterocycles. The molecule has 1 saturated carbocycles. The maximum absolute atomic E-state index is 5.48. The van der Waals surface area contributed by atoms with Crippen LogP contribution in [0.1, 0.15) is 51.8 Å². The van der Waals surface area contributed by atoms with Crippen molar-refractivity contribution in [2.75, 3.05) is 0 Å². The Balaban J connectivity index is 1.91. The van der Waals surface area contributed by atoms with Gasteiger partial charge in [0, 0.05) is 6.04 Å². The van der Waals surface area contributed by atoms with Gasteiger partial charge >= 0.3 is 0 Å². The van der Waals surface area contributed by atoms with E-state index in [0.29, 0.717) is 11.9 Å². The van der Waals surface area contributed by atoms with E-state index in [2.05, 4.69) is 29.3 Å². The molecule has 3 rings (SSSR count). The number of hydrogen-bond donors (Lipinski definition) is 1. The molecule has 2 aromatic heterocycles. The van der Waals surface area contributed by atoms with E-state index >= 15 is 0 Å². The Hall–Kier alpha value is -1.20. The Morgan fingerprint density at radius 3 is 2.75 bits per heavy atom. The van der Waals surface area contributed by atoms with Crippen molar-refractivity contribution in [3.8, 4) is 10.8 Å². The van der Waals surface area contributed by atoms with Crippen molar-refractivity contribution in [2.24, 2.45) is 0 Å². The first kappa shape index (κ1) is 13.8. The predicted octanol–water partition coefficient (Wildman–Crippen LogP) is 3.96. The fraction of sp³-hybridized carbons (Fsp3) is 0.600. The minimum absolute atomic E-state index is 0.106. The molecule has 0 atom stereocenters. The van der Waals surface area contributed by atoms with Crippen LogP contribution < -0.4 is 5.32 Å². The smallest absolute Gasteiger partial charge is 0.268 e. The summed E-state index contributed by atoms with van der Waals surface area (Å²) in [5.74, 6) is 1.47. The van der Waals surface area contributed by atoms with Gasteiger partial charge in [-0.2, -0.15) is 4.98 Å². The third kappa shape index (κ3) is 2.65. The molecule has 1 fully saturated rings. The zero-order valence-electron chi connectivity index (χ0n) is 12.1. The molecule has 0 radical (unpaired) electrons.